The number of carbonyl (C=O) groups is 1. The summed E-state index contributed by atoms with van der Waals surface area (Å²) in [6.07, 6.45) is 3.96. The van der Waals surface area contributed by atoms with E-state index >= 15 is 0 Å². The molecule has 3 rings (SSSR count). The number of hydrogen-bond acceptors (Lipinski definition) is 2. The Morgan fingerprint density at radius 1 is 1.16 bits per heavy atom. The molecule has 2 aromatic carbocycles. The predicted octanol–water partition coefficient (Wildman–Crippen LogP) is 5.31. The van der Waals surface area contributed by atoms with Gasteiger partial charge >= 0.3 is 5.97 Å². The van der Waals surface area contributed by atoms with Crippen molar-refractivity contribution in [3.63, 3.8) is 0 Å². The van der Waals surface area contributed by atoms with Gasteiger partial charge in [-0.25, -0.2) is 4.79 Å². The number of fused-ring (bicyclic) bond motifs is 1. The highest BCUT2D eigenvalue weighted by molar-refractivity contribution is 6.30. The van der Waals surface area contributed by atoms with E-state index in [0.29, 0.717) is 12.2 Å². The van der Waals surface area contributed by atoms with E-state index in [2.05, 4.69) is 22.9 Å². The Morgan fingerprint density at radius 3 is 2.60 bits per heavy atom. The third-order valence-electron chi connectivity index (χ3n) is 4.05. The van der Waals surface area contributed by atoms with E-state index in [-0.39, 0.29) is 5.97 Å². The molecule has 1 heterocycles. The van der Waals surface area contributed by atoms with Crippen LogP contribution < -0.4 is 0 Å². The number of para-hydroxylation sites is 1. The molecule has 0 saturated carbocycles. The molecule has 0 aliphatic rings. The standard InChI is InChI=1S/C21H20ClNO2/c1-3-25-21(24)15(2)12-17-14-23(20-7-5-4-6-19(17)20)13-16-8-10-18(22)11-9-16/h4-12,14H,3,13H2,1-2H3/b15-12+. The fraction of sp³-hybridized carbons (Fsp3) is 0.190. The quantitative estimate of drug-likeness (QED) is 0.460. The highest BCUT2D eigenvalue weighted by Crippen LogP contribution is 2.25. The number of rotatable bonds is 5. The minimum Gasteiger partial charge on any atom is -0.463 e. The van der Waals surface area contributed by atoms with Gasteiger partial charge in [-0.15, -0.1) is 0 Å². The molecule has 0 radical (unpaired) electrons. The van der Waals surface area contributed by atoms with Crippen LogP contribution in [0.25, 0.3) is 17.0 Å². The molecule has 0 N–H and O–H groups in total. The monoisotopic (exact) mass is 353 g/mol. The lowest BCUT2D eigenvalue weighted by Crippen LogP contribution is -2.04. The van der Waals surface area contributed by atoms with Gasteiger partial charge in [0, 0.05) is 39.8 Å². The maximum atomic E-state index is 11.9. The average Bonchev–Trinajstić information content (AvgIpc) is 2.95. The van der Waals surface area contributed by atoms with Gasteiger partial charge in [0.25, 0.3) is 0 Å². The molecule has 4 heteroatoms. The summed E-state index contributed by atoms with van der Waals surface area (Å²) in [7, 11) is 0. The van der Waals surface area contributed by atoms with Crippen molar-refractivity contribution in [2.45, 2.75) is 20.4 Å². The normalized spacial score (nSPS) is 11.7. The van der Waals surface area contributed by atoms with E-state index in [9.17, 15) is 4.79 Å². The number of nitrogens with zero attached hydrogens (tertiary/aromatic N) is 1. The number of benzene rings is 2. The van der Waals surface area contributed by atoms with Crippen LogP contribution in [0.3, 0.4) is 0 Å². The van der Waals surface area contributed by atoms with Crippen molar-refractivity contribution >= 4 is 34.5 Å². The van der Waals surface area contributed by atoms with E-state index < -0.39 is 0 Å². The first kappa shape index (κ1) is 17.3. The predicted molar refractivity (Wildman–Crippen MR) is 103 cm³/mol. The number of esters is 1. The third-order valence-corrected chi connectivity index (χ3v) is 4.31. The molecule has 3 aromatic rings. The lowest BCUT2D eigenvalue weighted by Gasteiger charge is -2.05. The zero-order valence-electron chi connectivity index (χ0n) is 14.3. The van der Waals surface area contributed by atoms with Crippen LogP contribution in [-0.4, -0.2) is 17.1 Å². The second-order valence-electron chi connectivity index (χ2n) is 5.90. The molecule has 0 aliphatic carbocycles. The van der Waals surface area contributed by atoms with Gasteiger partial charge in [0.2, 0.25) is 0 Å². The molecule has 0 atom stereocenters. The van der Waals surface area contributed by atoms with E-state index in [4.69, 9.17) is 16.3 Å². The number of hydrogen-bond donors (Lipinski definition) is 0. The number of ether oxygens (including phenoxy) is 1. The first-order valence-corrected chi connectivity index (χ1v) is 8.64. The van der Waals surface area contributed by atoms with Gasteiger partial charge in [0.15, 0.2) is 0 Å². The van der Waals surface area contributed by atoms with Gasteiger partial charge in [-0.1, -0.05) is 41.9 Å². The van der Waals surface area contributed by atoms with Gasteiger partial charge in [0.1, 0.15) is 0 Å². The average molecular weight is 354 g/mol. The second kappa shape index (κ2) is 7.58. The number of aromatic nitrogens is 1. The first-order valence-electron chi connectivity index (χ1n) is 8.26. The molecule has 0 aliphatic heterocycles. The Morgan fingerprint density at radius 2 is 1.88 bits per heavy atom. The Balaban J connectivity index is 1.99. The molecule has 0 amide bonds. The van der Waals surface area contributed by atoms with E-state index in [1.54, 1.807) is 6.92 Å². The summed E-state index contributed by atoms with van der Waals surface area (Å²) in [5, 5.41) is 1.84. The smallest absolute Gasteiger partial charge is 0.333 e. The molecule has 0 spiro atoms. The van der Waals surface area contributed by atoms with Gasteiger partial charge in [-0.3, -0.25) is 0 Å². The molecule has 25 heavy (non-hydrogen) atoms. The molecular weight excluding hydrogens is 334 g/mol. The van der Waals surface area contributed by atoms with Crippen molar-refractivity contribution in [3.8, 4) is 0 Å². The molecule has 0 fully saturated rings. The molecule has 1 aromatic heterocycles. The van der Waals surface area contributed by atoms with Crippen LogP contribution in [0, 0.1) is 0 Å². The van der Waals surface area contributed by atoms with Crippen LogP contribution in [0.15, 0.2) is 60.3 Å². The first-order chi connectivity index (χ1) is 12.1. The summed E-state index contributed by atoms with van der Waals surface area (Å²) in [6.45, 7) is 4.71. The maximum absolute atomic E-state index is 11.9. The van der Waals surface area contributed by atoms with Gasteiger partial charge in [-0.2, -0.15) is 0 Å². The highest BCUT2D eigenvalue weighted by atomic mass is 35.5. The summed E-state index contributed by atoms with van der Waals surface area (Å²) >= 11 is 5.97. The minimum absolute atomic E-state index is 0.281. The fourth-order valence-corrected chi connectivity index (χ4v) is 2.97. The molecular formula is C21H20ClNO2. The second-order valence-corrected chi connectivity index (χ2v) is 6.34. The largest absolute Gasteiger partial charge is 0.463 e. The Hall–Kier alpha value is -2.52. The van der Waals surface area contributed by atoms with Crippen molar-refractivity contribution in [2.75, 3.05) is 6.61 Å². The summed E-state index contributed by atoms with van der Waals surface area (Å²) in [5.41, 5.74) is 3.90. The van der Waals surface area contributed by atoms with Gasteiger partial charge < -0.3 is 9.30 Å². The molecule has 3 nitrogen and oxygen atoms in total. The van der Waals surface area contributed by atoms with Gasteiger partial charge in [-0.05, 0) is 43.7 Å². The SMILES string of the molecule is CCOC(=O)/C(C)=C/c1cn(Cc2ccc(Cl)cc2)c2ccccc12. The number of carbonyl (C=O) groups excluding carboxylic acids is 1. The van der Waals surface area contributed by atoms with Crippen molar-refractivity contribution in [1.82, 2.24) is 4.57 Å². The topological polar surface area (TPSA) is 31.2 Å². The van der Waals surface area contributed by atoms with E-state index in [0.717, 1.165) is 28.0 Å². The van der Waals surface area contributed by atoms with Crippen LogP contribution >= 0.6 is 11.6 Å². The summed E-state index contributed by atoms with van der Waals surface area (Å²) in [5.74, 6) is -0.281. The zero-order valence-corrected chi connectivity index (χ0v) is 15.1. The Labute approximate surface area is 152 Å². The highest BCUT2D eigenvalue weighted by Gasteiger charge is 2.10. The summed E-state index contributed by atoms with van der Waals surface area (Å²) in [4.78, 5) is 11.9. The Kier molecular flexibility index (Phi) is 5.25. The Bertz CT molecular complexity index is 923. The molecule has 128 valence electrons. The van der Waals surface area contributed by atoms with Crippen LogP contribution in [0.4, 0.5) is 0 Å². The molecule has 0 unspecified atom stereocenters. The fourth-order valence-electron chi connectivity index (χ4n) is 2.84. The molecule has 0 bridgehead atoms. The maximum Gasteiger partial charge on any atom is 0.333 e. The molecule has 0 saturated heterocycles. The lowest BCUT2D eigenvalue weighted by atomic mass is 10.1. The summed E-state index contributed by atoms with van der Waals surface area (Å²) in [6, 6.07) is 16.0. The van der Waals surface area contributed by atoms with Crippen molar-refractivity contribution < 1.29 is 9.53 Å². The van der Waals surface area contributed by atoms with Gasteiger partial charge in [0.05, 0.1) is 6.61 Å². The lowest BCUT2D eigenvalue weighted by molar-refractivity contribution is -0.138. The van der Waals surface area contributed by atoms with Crippen LogP contribution in [0.5, 0.6) is 0 Å². The summed E-state index contributed by atoms with van der Waals surface area (Å²) < 4.78 is 7.26. The van der Waals surface area contributed by atoms with E-state index in [1.807, 2.05) is 49.4 Å². The van der Waals surface area contributed by atoms with Crippen LogP contribution in [0.1, 0.15) is 25.0 Å². The van der Waals surface area contributed by atoms with Crippen LogP contribution in [-0.2, 0) is 16.1 Å². The van der Waals surface area contributed by atoms with E-state index in [1.165, 1.54) is 5.56 Å². The van der Waals surface area contributed by atoms with Crippen LogP contribution in [0.2, 0.25) is 5.02 Å². The van der Waals surface area contributed by atoms with Crippen molar-refractivity contribution in [2.24, 2.45) is 0 Å². The minimum atomic E-state index is -0.281. The third kappa shape index (κ3) is 3.94. The van der Waals surface area contributed by atoms with Crippen molar-refractivity contribution in [3.05, 3.63) is 76.5 Å². The number of halogens is 1. The zero-order chi connectivity index (χ0) is 17.8. The van der Waals surface area contributed by atoms with Crippen molar-refractivity contribution in [1.29, 1.82) is 0 Å².